The minimum Gasteiger partial charge on any atom is -0.493 e. The highest BCUT2D eigenvalue weighted by atomic mass is 16.5. The van der Waals surface area contributed by atoms with Crippen molar-refractivity contribution >= 4 is 11.8 Å². The number of benzene rings is 2. The molecule has 0 bridgehead atoms. The number of ether oxygens (including phenoxy) is 2. The van der Waals surface area contributed by atoms with E-state index in [1.165, 1.54) is 6.92 Å². The van der Waals surface area contributed by atoms with Crippen LogP contribution in [0.25, 0.3) is 0 Å². The fourth-order valence-electron chi connectivity index (χ4n) is 2.66. The predicted molar refractivity (Wildman–Crippen MR) is 107 cm³/mol. The standard InChI is InChI=1S/C23H28O4/c1-16-7-8-17(2)21(15-16)26-14-6-13-23(4,5)22(25)27-20-11-9-19(10-12-20)18(3)24/h7-12,15H,6,13-14H2,1-5H3. The molecule has 0 atom stereocenters. The Balaban J connectivity index is 1.84. The summed E-state index contributed by atoms with van der Waals surface area (Å²) < 4.78 is 11.3. The molecule has 4 heteroatoms. The summed E-state index contributed by atoms with van der Waals surface area (Å²) >= 11 is 0. The molecule has 2 aromatic carbocycles. The number of hydrogen-bond acceptors (Lipinski definition) is 4. The minimum absolute atomic E-state index is 0.0166. The molecule has 0 amide bonds. The Hall–Kier alpha value is -2.62. The Morgan fingerprint density at radius 3 is 2.30 bits per heavy atom. The van der Waals surface area contributed by atoms with Crippen molar-refractivity contribution in [3.05, 3.63) is 59.2 Å². The summed E-state index contributed by atoms with van der Waals surface area (Å²) in [5.74, 6) is 1.03. The van der Waals surface area contributed by atoms with Gasteiger partial charge in [0.05, 0.1) is 12.0 Å². The molecule has 144 valence electrons. The molecule has 0 aliphatic carbocycles. The summed E-state index contributed by atoms with van der Waals surface area (Å²) in [6, 6.07) is 12.8. The molecule has 0 unspecified atom stereocenters. The molecule has 0 heterocycles. The molecule has 2 rings (SSSR count). The van der Waals surface area contributed by atoms with Crippen LogP contribution in [0.5, 0.6) is 11.5 Å². The highest BCUT2D eigenvalue weighted by molar-refractivity contribution is 5.94. The lowest BCUT2D eigenvalue weighted by Gasteiger charge is -2.22. The Labute approximate surface area is 161 Å². The first-order valence-electron chi connectivity index (χ1n) is 9.22. The summed E-state index contributed by atoms with van der Waals surface area (Å²) in [7, 11) is 0. The van der Waals surface area contributed by atoms with Crippen molar-refractivity contribution < 1.29 is 19.1 Å². The molecule has 0 aliphatic heterocycles. The number of carbonyl (C=O) groups is 2. The zero-order valence-corrected chi connectivity index (χ0v) is 16.8. The second-order valence-corrected chi connectivity index (χ2v) is 7.57. The molecule has 0 aromatic heterocycles. The number of ketones is 1. The van der Waals surface area contributed by atoms with E-state index in [-0.39, 0.29) is 11.8 Å². The van der Waals surface area contributed by atoms with E-state index in [1.807, 2.05) is 39.8 Å². The van der Waals surface area contributed by atoms with Crippen molar-refractivity contribution in [1.82, 2.24) is 0 Å². The van der Waals surface area contributed by atoms with Gasteiger partial charge in [0.1, 0.15) is 11.5 Å². The maximum absolute atomic E-state index is 12.5. The van der Waals surface area contributed by atoms with E-state index in [0.29, 0.717) is 24.3 Å². The molecule has 27 heavy (non-hydrogen) atoms. The molecule has 4 nitrogen and oxygen atoms in total. The third-order valence-electron chi connectivity index (χ3n) is 4.57. The van der Waals surface area contributed by atoms with Crippen molar-refractivity contribution in [3.63, 3.8) is 0 Å². The van der Waals surface area contributed by atoms with Gasteiger partial charge in [0.15, 0.2) is 5.78 Å². The van der Waals surface area contributed by atoms with Gasteiger partial charge >= 0.3 is 5.97 Å². The average molecular weight is 368 g/mol. The van der Waals surface area contributed by atoms with Gasteiger partial charge in [0, 0.05) is 5.56 Å². The van der Waals surface area contributed by atoms with Gasteiger partial charge < -0.3 is 9.47 Å². The lowest BCUT2D eigenvalue weighted by atomic mass is 9.88. The fraction of sp³-hybridized carbons (Fsp3) is 0.391. The fourth-order valence-corrected chi connectivity index (χ4v) is 2.66. The quantitative estimate of drug-likeness (QED) is 0.275. The lowest BCUT2D eigenvalue weighted by Crippen LogP contribution is -2.29. The van der Waals surface area contributed by atoms with Crippen LogP contribution < -0.4 is 9.47 Å². The molecule has 0 saturated heterocycles. The van der Waals surface area contributed by atoms with E-state index in [9.17, 15) is 9.59 Å². The van der Waals surface area contributed by atoms with Crippen LogP contribution >= 0.6 is 0 Å². The minimum atomic E-state index is -0.621. The maximum Gasteiger partial charge on any atom is 0.316 e. The number of esters is 1. The molecule has 2 aromatic rings. The average Bonchev–Trinajstić information content (AvgIpc) is 2.62. The Morgan fingerprint density at radius 1 is 1.00 bits per heavy atom. The lowest BCUT2D eigenvalue weighted by molar-refractivity contribution is -0.144. The number of Topliss-reactive ketones (excluding diaryl/α,β-unsaturated/α-hetero) is 1. The summed E-state index contributed by atoms with van der Waals surface area (Å²) in [4.78, 5) is 23.8. The van der Waals surface area contributed by atoms with E-state index in [4.69, 9.17) is 9.47 Å². The van der Waals surface area contributed by atoms with E-state index >= 15 is 0 Å². The highest BCUT2D eigenvalue weighted by Crippen LogP contribution is 2.27. The van der Waals surface area contributed by atoms with Crippen molar-refractivity contribution in [2.75, 3.05) is 6.61 Å². The number of rotatable bonds is 8. The first kappa shape index (κ1) is 20.7. The Kier molecular flexibility index (Phi) is 6.78. The summed E-state index contributed by atoms with van der Waals surface area (Å²) in [5, 5.41) is 0. The molecular formula is C23H28O4. The zero-order valence-electron chi connectivity index (χ0n) is 16.8. The van der Waals surface area contributed by atoms with E-state index in [2.05, 4.69) is 6.07 Å². The maximum atomic E-state index is 12.5. The third-order valence-corrected chi connectivity index (χ3v) is 4.57. The van der Waals surface area contributed by atoms with Crippen LogP contribution in [0.1, 0.15) is 55.1 Å². The second-order valence-electron chi connectivity index (χ2n) is 7.57. The first-order chi connectivity index (χ1) is 12.7. The topological polar surface area (TPSA) is 52.6 Å². The normalized spacial score (nSPS) is 11.1. The second kappa shape index (κ2) is 8.85. The summed E-state index contributed by atoms with van der Waals surface area (Å²) in [6.07, 6.45) is 1.40. The van der Waals surface area contributed by atoms with Crippen LogP contribution in [0.4, 0.5) is 0 Å². The Bertz CT molecular complexity index is 804. The third kappa shape index (κ3) is 5.95. The van der Waals surface area contributed by atoms with Crippen molar-refractivity contribution in [3.8, 4) is 11.5 Å². The monoisotopic (exact) mass is 368 g/mol. The zero-order chi connectivity index (χ0) is 20.0. The molecule has 0 aliphatic rings. The van der Waals surface area contributed by atoms with Crippen molar-refractivity contribution in [2.24, 2.45) is 5.41 Å². The predicted octanol–water partition coefficient (Wildman–Crippen LogP) is 5.30. The SMILES string of the molecule is CC(=O)c1ccc(OC(=O)C(C)(C)CCCOc2cc(C)ccc2C)cc1. The van der Waals surface area contributed by atoms with Crippen LogP contribution in [0.15, 0.2) is 42.5 Å². The van der Waals surface area contributed by atoms with Gasteiger partial charge in [-0.1, -0.05) is 12.1 Å². The number of aryl methyl sites for hydroxylation is 2. The van der Waals surface area contributed by atoms with Crippen LogP contribution in [0, 0.1) is 19.3 Å². The van der Waals surface area contributed by atoms with Gasteiger partial charge in [-0.25, -0.2) is 0 Å². The summed E-state index contributed by atoms with van der Waals surface area (Å²) in [5.41, 5.74) is 2.24. The van der Waals surface area contributed by atoms with Gasteiger partial charge in [0.2, 0.25) is 0 Å². The van der Waals surface area contributed by atoms with Crippen LogP contribution in [0.3, 0.4) is 0 Å². The number of carbonyl (C=O) groups excluding carboxylic acids is 2. The molecular weight excluding hydrogens is 340 g/mol. The largest absolute Gasteiger partial charge is 0.493 e. The van der Waals surface area contributed by atoms with E-state index in [0.717, 1.165) is 23.3 Å². The summed E-state index contributed by atoms with van der Waals surface area (Å²) in [6.45, 7) is 9.86. The van der Waals surface area contributed by atoms with Crippen molar-refractivity contribution in [2.45, 2.75) is 47.5 Å². The molecule has 0 radical (unpaired) electrons. The van der Waals surface area contributed by atoms with Gasteiger partial charge in [-0.2, -0.15) is 0 Å². The molecule has 0 spiro atoms. The van der Waals surface area contributed by atoms with Crippen molar-refractivity contribution in [1.29, 1.82) is 0 Å². The molecule has 0 N–H and O–H groups in total. The van der Waals surface area contributed by atoms with Gasteiger partial charge in [-0.3, -0.25) is 9.59 Å². The molecule has 0 fully saturated rings. The smallest absolute Gasteiger partial charge is 0.316 e. The van der Waals surface area contributed by atoms with E-state index < -0.39 is 5.41 Å². The van der Waals surface area contributed by atoms with Crippen LogP contribution in [0.2, 0.25) is 0 Å². The van der Waals surface area contributed by atoms with Gasteiger partial charge in [0.25, 0.3) is 0 Å². The van der Waals surface area contributed by atoms with Crippen LogP contribution in [-0.4, -0.2) is 18.4 Å². The number of hydrogen-bond donors (Lipinski definition) is 0. The highest BCUT2D eigenvalue weighted by Gasteiger charge is 2.29. The van der Waals surface area contributed by atoms with Crippen LogP contribution in [-0.2, 0) is 4.79 Å². The van der Waals surface area contributed by atoms with E-state index in [1.54, 1.807) is 24.3 Å². The van der Waals surface area contributed by atoms with Gasteiger partial charge in [-0.15, -0.1) is 0 Å². The first-order valence-corrected chi connectivity index (χ1v) is 9.22. The Morgan fingerprint density at radius 2 is 1.67 bits per heavy atom. The van der Waals surface area contributed by atoms with Gasteiger partial charge in [-0.05, 0) is 88.9 Å². The molecule has 0 saturated carbocycles.